The van der Waals surface area contributed by atoms with Gasteiger partial charge in [-0.25, -0.2) is 0 Å². The maximum absolute atomic E-state index is 10.4. The van der Waals surface area contributed by atoms with Crippen LogP contribution in [0.25, 0.3) is 0 Å². The van der Waals surface area contributed by atoms with Gasteiger partial charge in [-0.1, -0.05) is 13.8 Å². The van der Waals surface area contributed by atoms with Crippen molar-refractivity contribution < 1.29 is 14.6 Å². The second-order valence-corrected chi connectivity index (χ2v) is 6.31. The second kappa shape index (κ2) is 7.66. The molecule has 1 aromatic carbocycles. The van der Waals surface area contributed by atoms with Crippen LogP contribution in [0.3, 0.4) is 0 Å². The van der Waals surface area contributed by atoms with Gasteiger partial charge in [0.2, 0.25) is 0 Å². The Bertz CT molecular complexity index is 444. The van der Waals surface area contributed by atoms with Crippen LogP contribution < -0.4 is 14.8 Å². The number of aliphatic hydroxyl groups is 1. The van der Waals surface area contributed by atoms with Crippen LogP contribution in [0.2, 0.25) is 0 Å². The molecule has 2 N–H and O–H groups in total. The predicted molar refractivity (Wildman–Crippen MR) is 86.0 cm³/mol. The summed E-state index contributed by atoms with van der Waals surface area (Å²) in [4.78, 5) is 0. The van der Waals surface area contributed by atoms with E-state index in [0.717, 1.165) is 23.5 Å². The molecule has 0 bridgehead atoms. The van der Waals surface area contributed by atoms with E-state index in [1.54, 1.807) is 14.2 Å². The topological polar surface area (TPSA) is 50.7 Å². The standard InChI is InChI=1S/C17H29NO3/c1-12(2)10-17(4,19)11-18-13(3)15-9-14(20-5)7-8-16(15)21-6/h7-9,12-13,18-19H,10-11H2,1-6H3. The summed E-state index contributed by atoms with van der Waals surface area (Å²) in [6.45, 7) is 8.69. The van der Waals surface area contributed by atoms with Gasteiger partial charge in [0, 0.05) is 18.2 Å². The quantitative estimate of drug-likeness (QED) is 0.773. The zero-order chi connectivity index (χ0) is 16.0. The lowest BCUT2D eigenvalue weighted by Gasteiger charge is -2.28. The van der Waals surface area contributed by atoms with Crippen molar-refractivity contribution >= 4 is 0 Å². The first-order valence-electron chi connectivity index (χ1n) is 7.46. The summed E-state index contributed by atoms with van der Waals surface area (Å²) < 4.78 is 10.7. The molecule has 1 aromatic rings. The Hall–Kier alpha value is -1.26. The first-order valence-corrected chi connectivity index (χ1v) is 7.46. The number of methoxy groups -OCH3 is 2. The van der Waals surface area contributed by atoms with Crippen molar-refractivity contribution in [2.45, 2.75) is 45.8 Å². The van der Waals surface area contributed by atoms with Crippen LogP contribution in [0, 0.1) is 5.92 Å². The summed E-state index contributed by atoms with van der Waals surface area (Å²) in [5.41, 5.74) is 0.311. The third kappa shape index (κ3) is 5.56. The first-order chi connectivity index (χ1) is 9.79. The average molecular weight is 295 g/mol. The molecule has 0 amide bonds. The minimum atomic E-state index is -0.714. The molecule has 0 saturated carbocycles. The third-order valence-corrected chi connectivity index (χ3v) is 3.54. The molecule has 4 heteroatoms. The van der Waals surface area contributed by atoms with Gasteiger partial charge in [-0.3, -0.25) is 0 Å². The van der Waals surface area contributed by atoms with Crippen LogP contribution in [0.5, 0.6) is 11.5 Å². The van der Waals surface area contributed by atoms with Gasteiger partial charge in [0.1, 0.15) is 11.5 Å². The summed E-state index contributed by atoms with van der Waals surface area (Å²) in [6.07, 6.45) is 0.766. The Morgan fingerprint density at radius 1 is 1.19 bits per heavy atom. The molecule has 0 fully saturated rings. The van der Waals surface area contributed by atoms with Crippen molar-refractivity contribution in [3.8, 4) is 11.5 Å². The van der Waals surface area contributed by atoms with E-state index in [-0.39, 0.29) is 6.04 Å². The highest BCUT2D eigenvalue weighted by Gasteiger charge is 2.23. The molecular weight excluding hydrogens is 266 g/mol. The van der Waals surface area contributed by atoms with Crippen LogP contribution in [0.1, 0.15) is 45.7 Å². The van der Waals surface area contributed by atoms with Gasteiger partial charge < -0.3 is 19.9 Å². The molecule has 2 unspecified atom stereocenters. The molecule has 0 aliphatic rings. The number of hydrogen-bond acceptors (Lipinski definition) is 4. The number of hydrogen-bond donors (Lipinski definition) is 2. The molecule has 0 spiro atoms. The SMILES string of the molecule is COc1ccc(OC)c(C(C)NCC(C)(O)CC(C)C)c1. The molecule has 0 radical (unpaired) electrons. The van der Waals surface area contributed by atoms with Crippen LogP contribution >= 0.6 is 0 Å². The normalized spacial score (nSPS) is 15.6. The summed E-state index contributed by atoms with van der Waals surface area (Å²) in [5.74, 6) is 2.08. The predicted octanol–water partition coefficient (Wildman–Crippen LogP) is 3.15. The van der Waals surface area contributed by atoms with E-state index in [9.17, 15) is 5.11 Å². The molecule has 0 aliphatic heterocycles. The van der Waals surface area contributed by atoms with Gasteiger partial charge in [-0.05, 0) is 44.4 Å². The van der Waals surface area contributed by atoms with Gasteiger partial charge >= 0.3 is 0 Å². The van der Waals surface area contributed by atoms with E-state index in [0.29, 0.717) is 12.5 Å². The Kier molecular flexibility index (Phi) is 6.49. The van der Waals surface area contributed by atoms with Crippen molar-refractivity contribution in [1.29, 1.82) is 0 Å². The lowest BCUT2D eigenvalue weighted by atomic mass is 9.93. The van der Waals surface area contributed by atoms with Crippen molar-refractivity contribution in [3.05, 3.63) is 23.8 Å². The summed E-state index contributed by atoms with van der Waals surface area (Å²) in [5, 5.41) is 13.8. The van der Waals surface area contributed by atoms with E-state index < -0.39 is 5.60 Å². The molecule has 21 heavy (non-hydrogen) atoms. The molecule has 0 aromatic heterocycles. The van der Waals surface area contributed by atoms with Crippen molar-refractivity contribution in [1.82, 2.24) is 5.32 Å². The zero-order valence-electron chi connectivity index (χ0n) is 14.1. The Morgan fingerprint density at radius 2 is 1.86 bits per heavy atom. The van der Waals surface area contributed by atoms with E-state index in [1.807, 2.05) is 25.1 Å². The lowest BCUT2D eigenvalue weighted by molar-refractivity contribution is 0.0363. The molecule has 120 valence electrons. The molecule has 0 aliphatic carbocycles. The van der Waals surface area contributed by atoms with Crippen LogP contribution in [-0.4, -0.2) is 31.5 Å². The fourth-order valence-corrected chi connectivity index (χ4v) is 2.61. The fourth-order valence-electron chi connectivity index (χ4n) is 2.61. The van der Waals surface area contributed by atoms with Crippen molar-refractivity contribution in [3.63, 3.8) is 0 Å². The average Bonchev–Trinajstić information content (AvgIpc) is 2.42. The maximum atomic E-state index is 10.4. The molecule has 4 nitrogen and oxygen atoms in total. The molecule has 1 rings (SSSR count). The summed E-state index contributed by atoms with van der Waals surface area (Å²) in [6, 6.07) is 5.81. The van der Waals surface area contributed by atoms with Gasteiger partial charge in [0.15, 0.2) is 0 Å². The fraction of sp³-hybridized carbons (Fsp3) is 0.647. The smallest absolute Gasteiger partial charge is 0.123 e. The minimum Gasteiger partial charge on any atom is -0.497 e. The zero-order valence-corrected chi connectivity index (χ0v) is 14.1. The molecule has 0 saturated heterocycles. The number of nitrogens with one attached hydrogen (secondary N) is 1. The minimum absolute atomic E-state index is 0.0636. The van der Waals surface area contributed by atoms with Crippen LogP contribution in [0.15, 0.2) is 18.2 Å². The first kappa shape index (κ1) is 17.8. The van der Waals surface area contributed by atoms with E-state index in [2.05, 4.69) is 26.1 Å². The molecule has 2 atom stereocenters. The Labute approximate surface area is 128 Å². The van der Waals surface area contributed by atoms with Crippen molar-refractivity contribution in [2.75, 3.05) is 20.8 Å². The number of ether oxygens (including phenoxy) is 2. The maximum Gasteiger partial charge on any atom is 0.123 e. The van der Waals surface area contributed by atoms with Crippen molar-refractivity contribution in [2.24, 2.45) is 5.92 Å². The van der Waals surface area contributed by atoms with E-state index in [1.165, 1.54) is 0 Å². The number of benzene rings is 1. The number of rotatable bonds is 8. The monoisotopic (exact) mass is 295 g/mol. The summed E-state index contributed by atoms with van der Waals surface area (Å²) in [7, 11) is 3.31. The highest BCUT2D eigenvalue weighted by molar-refractivity contribution is 5.42. The Morgan fingerprint density at radius 3 is 2.38 bits per heavy atom. The van der Waals surface area contributed by atoms with Crippen LogP contribution in [0.4, 0.5) is 0 Å². The largest absolute Gasteiger partial charge is 0.497 e. The Balaban J connectivity index is 2.77. The van der Waals surface area contributed by atoms with E-state index >= 15 is 0 Å². The lowest BCUT2D eigenvalue weighted by Crippen LogP contribution is -2.39. The molecular formula is C17H29NO3. The van der Waals surface area contributed by atoms with Gasteiger partial charge in [-0.2, -0.15) is 0 Å². The van der Waals surface area contributed by atoms with E-state index in [4.69, 9.17) is 9.47 Å². The third-order valence-electron chi connectivity index (χ3n) is 3.54. The molecule has 0 heterocycles. The van der Waals surface area contributed by atoms with Gasteiger partial charge in [-0.15, -0.1) is 0 Å². The highest BCUT2D eigenvalue weighted by atomic mass is 16.5. The summed E-state index contributed by atoms with van der Waals surface area (Å²) >= 11 is 0. The van der Waals surface area contributed by atoms with Gasteiger partial charge in [0.05, 0.1) is 19.8 Å². The highest BCUT2D eigenvalue weighted by Crippen LogP contribution is 2.29. The second-order valence-electron chi connectivity index (χ2n) is 6.31. The van der Waals surface area contributed by atoms with Crippen LogP contribution in [-0.2, 0) is 0 Å². The van der Waals surface area contributed by atoms with Gasteiger partial charge in [0.25, 0.3) is 0 Å².